The lowest BCUT2D eigenvalue weighted by Gasteiger charge is -2.33. The van der Waals surface area contributed by atoms with E-state index in [9.17, 15) is 9.18 Å². The SMILES string of the molecule is O=C(Nc1ccc2c(c1)OCO2)C1CCN(Cc2cc(F)cc3c2O[C@H](c2ccsc2)OC3)CC1. The van der Waals surface area contributed by atoms with Crippen LogP contribution in [0.5, 0.6) is 17.2 Å². The lowest BCUT2D eigenvalue weighted by molar-refractivity contribution is -0.121. The van der Waals surface area contributed by atoms with Crippen molar-refractivity contribution in [1.82, 2.24) is 4.90 Å². The minimum absolute atomic E-state index is 0.00531. The molecule has 0 spiro atoms. The maximum absolute atomic E-state index is 14.3. The molecule has 0 radical (unpaired) electrons. The molecule has 1 N–H and O–H groups in total. The number of nitrogens with one attached hydrogen (secondary N) is 1. The van der Waals surface area contributed by atoms with Crippen LogP contribution in [0.15, 0.2) is 47.2 Å². The zero-order valence-electron chi connectivity index (χ0n) is 19.0. The van der Waals surface area contributed by atoms with Gasteiger partial charge in [-0.05, 0) is 61.6 Å². The minimum Gasteiger partial charge on any atom is -0.460 e. The highest BCUT2D eigenvalue weighted by Crippen LogP contribution is 2.38. The van der Waals surface area contributed by atoms with Crippen molar-refractivity contribution < 1.29 is 28.1 Å². The van der Waals surface area contributed by atoms with Gasteiger partial charge in [0.25, 0.3) is 0 Å². The van der Waals surface area contributed by atoms with Crippen LogP contribution < -0.4 is 19.5 Å². The molecule has 3 aliphatic heterocycles. The number of carbonyl (C=O) groups is 1. The van der Waals surface area contributed by atoms with E-state index in [-0.39, 0.29) is 24.4 Å². The number of benzene rings is 2. The number of piperidine rings is 1. The largest absolute Gasteiger partial charge is 0.460 e. The summed E-state index contributed by atoms with van der Waals surface area (Å²) in [4.78, 5) is 15.1. The summed E-state index contributed by atoms with van der Waals surface area (Å²) in [6, 6.07) is 10.4. The second-order valence-electron chi connectivity index (χ2n) is 8.98. The van der Waals surface area contributed by atoms with Crippen LogP contribution in [0, 0.1) is 11.7 Å². The van der Waals surface area contributed by atoms with E-state index in [1.807, 2.05) is 22.9 Å². The predicted molar refractivity (Wildman–Crippen MR) is 128 cm³/mol. The number of rotatable bonds is 5. The average Bonchev–Trinajstić information content (AvgIpc) is 3.56. The first-order valence-corrected chi connectivity index (χ1v) is 12.6. The summed E-state index contributed by atoms with van der Waals surface area (Å²) in [5.41, 5.74) is 3.20. The van der Waals surface area contributed by atoms with Crippen molar-refractivity contribution in [2.45, 2.75) is 32.3 Å². The molecule has 35 heavy (non-hydrogen) atoms. The number of fused-ring (bicyclic) bond motifs is 2. The summed E-state index contributed by atoms with van der Waals surface area (Å²) in [6.45, 7) is 2.56. The number of likely N-dealkylation sites (tertiary alicyclic amines) is 1. The fraction of sp³-hybridized carbons (Fsp3) is 0.346. The van der Waals surface area contributed by atoms with Crippen LogP contribution in [0.4, 0.5) is 10.1 Å². The number of carbonyl (C=O) groups excluding carboxylic acids is 1. The van der Waals surface area contributed by atoms with Gasteiger partial charge < -0.3 is 24.3 Å². The molecule has 0 saturated carbocycles. The predicted octanol–water partition coefficient (Wildman–Crippen LogP) is 5.07. The first-order valence-electron chi connectivity index (χ1n) is 11.7. The number of amides is 1. The third-order valence-electron chi connectivity index (χ3n) is 6.63. The molecule has 0 bridgehead atoms. The Bertz CT molecular complexity index is 1230. The maximum atomic E-state index is 14.3. The van der Waals surface area contributed by atoms with E-state index in [2.05, 4.69) is 10.2 Å². The van der Waals surface area contributed by atoms with Crippen LogP contribution in [0.25, 0.3) is 0 Å². The highest BCUT2D eigenvalue weighted by atomic mass is 32.1. The Morgan fingerprint density at radius 2 is 1.97 bits per heavy atom. The van der Waals surface area contributed by atoms with Crippen molar-refractivity contribution in [3.05, 3.63) is 69.7 Å². The molecule has 6 rings (SSSR count). The van der Waals surface area contributed by atoms with Crippen LogP contribution in [0.1, 0.15) is 35.8 Å². The molecule has 3 aliphatic rings. The zero-order chi connectivity index (χ0) is 23.8. The molecule has 182 valence electrons. The summed E-state index contributed by atoms with van der Waals surface area (Å²) in [6.07, 6.45) is 0.980. The van der Waals surface area contributed by atoms with Crippen molar-refractivity contribution in [2.75, 3.05) is 25.2 Å². The second kappa shape index (κ2) is 9.49. The van der Waals surface area contributed by atoms with E-state index in [4.69, 9.17) is 18.9 Å². The number of halogens is 1. The van der Waals surface area contributed by atoms with E-state index >= 15 is 0 Å². The van der Waals surface area contributed by atoms with E-state index < -0.39 is 6.29 Å². The van der Waals surface area contributed by atoms with Gasteiger partial charge in [-0.3, -0.25) is 9.69 Å². The molecule has 0 unspecified atom stereocenters. The molecule has 9 heteroatoms. The Hall–Kier alpha value is -3.14. The molecule has 2 aromatic carbocycles. The summed E-state index contributed by atoms with van der Waals surface area (Å²) < 4.78 is 37.0. The average molecular weight is 497 g/mol. The smallest absolute Gasteiger partial charge is 0.231 e. The second-order valence-corrected chi connectivity index (χ2v) is 9.76. The van der Waals surface area contributed by atoms with Crippen molar-refractivity contribution in [2.24, 2.45) is 5.92 Å². The van der Waals surface area contributed by atoms with E-state index in [1.54, 1.807) is 29.5 Å². The van der Waals surface area contributed by atoms with Gasteiger partial charge in [0, 0.05) is 46.3 Å². The Morgan fingerprint density at radius 3 is 2.80 bits per heavy atom. The highest BCUT2D eigenvalue weighted by molar-refractivity contribution is 7.07. The fourth-order valence-electron chi connectivity index (χ4n) is 4.78. The molecule has 1 amide bonds. The van der Waals surface area contributed by atoms with Gasteiger partial charge in [-0.15, -0.1) is 0 Å². The lowest BCUT2D eigenvalue weighted by Crippen LogP contribution is -2.38. The number of ether oxygens (including phenoxy) is 4. The van der Waals surface area contributed by atoms with Gasteiger partial charge in [-0.25, -0.2) is 4.39 Å². The van der Waals surface area contributed by atoms with Crippen molar-refractivity contribution in [1.29, 1.82) is 0 Å². The molecule has 7 nitrogen and oxygen atoms in total. The summed E-state index contributed by atoms with van der Waals surface area (Å²) >= 11 is 1.58. The maximum Gasteiger partial charge on any atom is 0.231 e. The Labute approximate surface area is 206 Å². The molecule has 1 atom stereocenters. The van der Waals surface area contributed by atoms with Crippen molar-refractivity contribution >= 4 is 22.9 Å². The summed E-state index contributed by atoms with van der Waals surface area (Å²) in [5.74, 6) is 1.67. The number of nitrogens with zero attached hydrogens (tertiary/aromatic N) is 1. The van der Waals surface area contributed by atoms with Gasteiger partial charge in [0.15, 0.2) is 11.5 Å². The number of hydrogen-bond acceptors (Lipinski definition) is 7. The van der Waals surface area contributed by atoms with E-state index in [0.29, 0.717) is 36.1 Å². The third kappa shape index (κ3) is 4.71. The Morgan fingerprint density at radius 1 is 1.11 bits per heavy atom. The van der Waals surface area contributed by atoms with Crippen molar-refractivity contribution in [3.8, 4) is 17.2 Å². The molecule has 1 aromatic heterocycles. The van der Waals surface area contributed by atoms with Gasteiger partial charge in [-0.1, -0.05) is 0 Å². The van der Waals surface area contributed by atoms with Crippen molar-refractivity contribution in [3.63, 3.8) is 0 Å². The number of thiophene rings is 1. The number of anilines is 1. The topological polar surface area (TPSA) is 69.3 Å². The molecule has 3 aromatic rings. The summed E-state index contributed by atoms with van der Waals surface area (Å²) in [7, 11) is 0. The van der Waals surface area contributed by atoms with Gasteiger partial charge in [0.05, 0.1) is 6.61 Å². The quantitative estimate of drug-likeness (QED) is 0.532. The lowest BCUT2D eigenvalue weighted by atomic mass is 9.95. The van der Waals surface area contributed by atoms with Crippen LogP contribution in [0.3, 0.4) is 0 Å². The number of hydrogen-bond donors (Lipinski definition) is 1. The molecule has 0 aliphatic carbocycles. The van der Waals surface area contributed by atoms with Gasteiger partial charge >= 0.3 is 0 Å². The minimum atomic E-state index is -0.483. The van der Waals surface area contributed by atoms with Crippen LogP contribution >= 0.6 is 11.3 Å². The highest BCUT2D eigenvalue weighted by Gasteiger charge is 2.29. The first-order chi connectivity index (χ1) is 17.1. The van der Waals surface area contributed by atoms with Crippen LogP contribution in [-0.4, -0.2) is 30.7 Å². The van der Waals surface area contributed by atoms with Gasteiger partial charge in [-0.2, -0.15) is 11.3 Å². The first kappa shape index (κ1) is 22.3. The zero-order valence-corrected chi connectivity index (χ0v) is 19.8. The molecule has 1 fully saturated rings. The van der Waals surface area contributed by atoms with Gasteiger partial charge in [0.1, 0.15) is 11.6 Å². The van der Waals surface area contributed by atoms with Crippen LogP contribution in [-0.2, 0) is 22.7 Å². The molecule has 4 heterocycles. The Kier molecular flexibility index (Phi) is 6.05. The third-order valence-corrected chi connectivity index (χ3v) is 7.33. The fourth-order valence-corrected chi connectivity index (χ4v) is 5.44. The van der Waals surface area contributed by atoms with Crippen LogP contribution in [0.2, 0.25) is 0 Å². The monoisotopic (exact) mass is 496 g/mol. The standard InChI is InChI=1S/C26H25FN2O5S/c27-20-9-18(24-19(10-20)13-31-26(34-24)17-5-8-35-14-17)12-29-6-3-16(4-7-29)25(30)28-21-1-2-22-23(11-21)33-15-32-22/h1-2,5,8-11,14,16,26H,3-4,6-7,12-13,15H2,(H,28,30)/t26-/m1/s1. The Balaban J connectivity index is 1.08. The van der Waals surface area contributed by atoms with E-state index in [0.717, 1.165) is 42.6 Å². The normalized spacial score (nSPS) is 19.7. The summed E-state index contributed by atoms with van der Waals surface area (Å²) in [5, 5.41) is 6.98. The molecular formula is C26H25FN2O5S. The molecular weight excluding hydrogens is 471 g/mol. The molecule has 1 saturated heterocycles. The van der Waals surface area contributed by atoms with Gasteiger partial charge in [0.2, 0.25) is 19.0 Å². The van der Waals surface area contributed by atoms with E-state index in [1.165, 1.54) is 6.07 Å².